The van der Waals surface area contributed by atoms with E-state index in [0.29, 0.717) is 5.56 Å². The van der Waals surface area contributed by atoms with Crippen LogP contribution in [0.2, 0.25) is 0 Å². The molecule has 0 atom stereocenters. The normalized spacial score (nSPS) is 10.1. The van der Waals surface area contributed by atoms with Gasteiger partial charge in [-0.15, -0.1) is 11.3 Å². The monoisotopic (exact) mass is 230 g/mol. The average molecular weight is 230 g/mol. The Labute approximate surface area is 97.5 Å². The summed E-state index contributed by atoms with van der Waals surface area (Å²) in [7, 11) is 0. The Morgan fingerprint density at radius 1 is 1.31 bits per heavy atom. The Morgan fingerprint density at radius 2 is 2.12 bits per heavy atom. The van der Waals surface area contributed by atoms with Crippen molar-refractivity contribution >= 4 is 23.4 Å². The lowest BCUT2D eigenvalue weighted by Gasteiger charge is -2.01. The smallest absolute Gasteiger partial charge is 0.170 e. The summed E-state index contributed by atoms with van der Waals surface area (Å²) < 4.78 is 0. The van der Waals surface area contributed by atoms with Crippen LogP contribution in [0.1, 0.15) is 27.0 Å². The van der Waals surface area contributed by atoms with Gasteiger partial charge in [-0.25, -0.2) is 0 Å². The molecule has 0 aliphatic heterocycles. The van der Waals surface area contributed by atoms with E-state index in [-0.39, 0.29) is 5.78 Å². The Kier molecular flexibility index (Phi) is 2.97. The zero-order valence-electron chi connectivity index (χ0n) is 8.77. The molecule has 80 valence electrons. The minimum Gasteiger partial charge on any atom is -0.298 e. The van der Waals surface area contributed by atoms with Crippen molar-refractivity contribution in [3.63, 3.8) is 0 Å². The molecule has 0 N–H and O–H groups in total. The maximum atomic E-state index is 11.4. The molecular formula is C13H10O2S. The molecule has 3 heteroatoms. The first-order valence-electron chi connectivity index (χ1n) is 4.86. The largest absolute Gasteiger partial charge is 0.298 e. The van der Waals surface area contributed by atoms with Gasteiger partial charge in [-0.1, -0.05) is 18.2 Å². The van der Waals surface area contributed by atoms with Crippen LogP contribution in [0.4, 0.5) is 0 Å². The molecule has 1 aromatic carbocycles. The SMILES string of the molecule is CC(=O)c1sccc1-c1cccc(C=O)c1. The summed E-state index contributed by atoms with van der Waals surface area (Å²) in [5.41, 5.74) is 2.44. The summed E-state index contributed by atoms with van der Waals surface area (Å²) in [6, 6.07) is 9.17. The molecule has 2 rings (SSSR count). The molecule has 0 fully saturated rings. The maximum Gasteiger partial charge on any atom is 0.170 e. The summed E-state index contributed by atoms with van der Waals surface area (Å²) in [4.78, 5) is 22.8. The van der Waals surface area contributed by atoms with Crippen LogP contribution < -0.4 is 0 Å². The minimum absolute atomic E-state index is 0.0570. The highest BCUT2D eigenvalue weighted by Crippen LogP contribution is 2.28. The van der Waals surface area contributed by atoms with Crippen molar-refractivity contribution in [2.75, 3.05) is 0 Å². The fourth-order valence-corrected chi connectivity index (χ4v) is 2.41. The van der Waals surface area contributed by atoms with Gasteiger partial charge in [0.1, 0.15) is 6.29 Å². The second-order valence-electron chi connectivity index (χ2n) is 3.46. The Balaban J connectivity index is 2.54. The molecule has 2 aromatic rings. The molecule has 0 saturated heterocycles. The Hall–Kier alpha value is -1.74. The van der Waals surface area contributed by atoms with E-state index in [1.165, 1.54) is 11.3 Å². The number of hydrogen-bond acceptors (Lipinski definition) is 3. The molecule has 0 aliphatic carbocycles. The molecule has 0 spiro atoms. The first-order valence-corrected chi connectivity index (χ1v) is 5.74. The van der Waals surface area contributed by atoms with Gasteiger partial charge in [-0.3, -0.25) is 9.59 Å². The number of Topliss-reactive ketones (excluding diaryl/α,β-unsaturated/α-hetero) is 1. The van der Waals surface area contributed by atoms with Crippen LogP contribution in [0, 0.1) is 0 Å². The molecule has 0 radical (unpaired) electrons. The van der Waals surface area contributed by atoms with E-state index in [1.54, 1.807) is 19.1 Å². The third-order valence-corrected chi connectivity index (χ3v) is 3.33. The molecule has 0 bridgehead atoms. The van der Waals surface area contributed by atoms with Crippen LogP contribution >= 0.6 is 11.3 Å². The van der Waals surface area contributed by atoms with Crippen molar-refractivity contribution in [2.45, 2.75) is 6.92 Å². The van der Waals surface area contributed by atoms with Gasteiger partial charge >= 0.3 is 0 Å². The van der Waals surface area contributed by atoms with Gasteiger partial charge in [0.15, 0.2) is 5.78 Å². The maximum absolute atomic E-state index is 11.4. The van der Waals surface area contributed by atoms with Crippen LogP contribution in [0.25, 0.3) is 11.1 Å². The van der Waals surface area contributed by atoms with Gasteiger partial charge in [-0.2, -0.15) is 0 Å². The lowest BCUT2D eigenvalue weighted by molar-refractivity contribution is 0.102. The van der Waals surface area contributed by atoms with Crippen LogP contribution in [0.5, 0.6) is 0 Å². The molecule has 1 heterocycles. The van der Waals surface area contributed by atoms with Crippen LogP contribution in [0.15, 0.2) is 35.7 Å². The van der Waals surface area contributed by atoms with Gasteiger partial charge in [0, 0.05) is 11.1 Å². The first-order chi connectivity index (χ1) is 7.72. The number of thiophene rings is 1. The highest BCUT2D eigenvalue weighted by Gasteiger charge is 2.10. The van der Waals surface area contributed by atoms with Crippen molar-refractivity contribution in [2.24, 2.45) is 0 Å². The highest BCUT2D eigenvalue weighted by molar-refractivity contribution is 7.12. The fraction of sp³-hybridized carbons (Fsp3) is 0.0769. The zero-order chi connectivity index (χ0) is 11.5. The van der Waals surface area contributed by atoms with E-state index in [2.05, 4.69) is 0 Å². The second kappa shape index (κ2) is 4.41. The lowest BCUT2D eigenvalue weighted by atomic mass is 10.0. The standard InChI is InChI=1S/C13H10O2S/c1-9(15)13-12(5-6-16-13)11-4-2-3-10(7-11)8-14/h2-8H,1H3. The van der Waals surface area contributed by atoms with Crippen molar-refractivity contribution in [1.29, 1.82) is 0 Å². The number of aldehydes is 1. The molecule has 1 aromatic heterocycles. The van der Waals surface area contributed by atoms with E-state index in [9.17, 15) is 9.59 Å². The molecule has 0 unspecified atom stereocenters. The first kappa shape index (κ1) is 10.8. The molecule has 16 heavy (non-hydrogen) atoms. The topological polar surface area (TPSA) is 34.1 Å². The summed E-state index contributed by atoms with van der Waals surface area (Å²) in [6.07, 6.45) is 0.809. The van der Waals surface area contributed by atoms with Crippen LogP contribution in [-0.4, -0.2) is 12.1 Å². The van der Waals surface area contributed by atoms with Gasteiger partial charge < -0.3 is 0 Å². The summed E-state index contributed by atoms with van der Waals surface area (Å²) >= 11 is 1.43. The van der Waals surface area contributed by atoms with E-state index in [0.717, 1.165) is 22.3 Å². The van der Waals surface area contributed by atoms with Crippen molar-refractivity contribution in [3.05, 3.63) is 46.2 Å². The lowest BCUT2D eigenvalue weighted by Crippen LogP contribution is -1.90. The van der Waals surface area contributed by atoms with E-state index in [1.807, 2.05) is 23.6 Å². The van der Waals surface area contributed by atoms with Gasteiger partial charge in [0.25, 0.3) is 0 Å². The Bertz CT molecular complexity index is 540. The van der Waals surface area contributed by atoms with Crippen molar-refractivity contribution in [3.8, 4) is 11.1 Å². The van der Waals surface area contributed by atoms with Crippen LogP contribution in [-0.2, 0) is 0 Å². The number of ketones is 1. The highest BCUT2D eigenvalue weighted by atomic mass is 32.1. The molecule has 0 saturated carbocycles. The van der Waals surface area contributed by atoms with E-state index >= 15 is 0 Å². The summed E-state index contributed by atoms with van der Waals surface area (Å²) in [5.74, 6) is 0.0570. The molecular weight excluding hydrogens is 220 g/mol. The number of carbonyl (C=O) groups excluding carboxylic acids is 2. The minimum atomic E-state index is 0.0570. The van der Waals surface area contributed by atoms with E-state index in [4.69, 9.17) is 0 Å². The van der Waals surface area contributed by atoms with E-state index < -0.39 is 0 Å². The summed E-state index contributed by atoms with van der Waals surface area (Å²) in [5, 5.41) is 1.89. The van der Waals surface area contributed by atoms with Crippen molar-refractivity contribution in [1.82, 2.24) is 0 Å². The van der Waals surface area contributed by atoms with Gasteiger partial charge in [0.05, 0.1) is 4.88 Å². The predicted octanol–water partition coefficient (Wildman–Crippen LogP) is 3.43. The second-order valence-corrected chi connectivity index (χ2v) is 4.38. The van der Waals surface area contributed by atoms with Gasteiger partial charge in [0.2, 0.25) is 0 Å². The third-order valence-electron chi connectivity index (χ3n) is 2.32. The quantitative estimate of drug-likeness (QED) is 0.598. The molecule has 0 aliphatic rings. The number of benzene rings is 1. The fourth-order valence-electron chi connectivity index (χ4n) is 1.59. The average Bonchev–Trinajstić information content (AvgIpc) is 2.78. The van der Waals surface area contributed by atoms with Gasteiger partial charge in [-0.05, 0) is 30.0 Å². The third kappa shape index (κ3) is 1.95. The Morgan fingerprint density at radius 3 is 2.81 bits per heavy atom. The molecule has 2 nitrogen and oxygen atoms in total. The number of carbonyl (C=O) groups is 2. The summed E-state index contributed by atoms with van der Waals surface area (Å²) in [6.45, 7) is 1.55. The number of hydrogen-bond donors (Lipinski definition) is 0. The van der Waals surface area contributed by atoms with Crippen molar-refractivity contribution < 1.29 is 9.59 Å². The predicted molar refractivity (Wildman–Crippen MR) is 65.1 cm³/mol. The molecule has 0 amide bonds. The zero-order valence-corrected chi connectivity index (χ0v) is 9.58. The van der Waals surface area contributed by atoms with Crippen LogP contribution in [0.3, 0.4) is 0 Å². The number of rotatable bonds is 3.